The lowest BCUT2D eigenvalue weighted by Crippen LogP contribution is -2.19. The van der Waals surface area contributed by atoms with E-state index in [1.54, 1.807) is 5.48 Å². The average molecular weight is 337 g/mol. The van der Waals surface area contributed by atoms with Crippen LogP contribution in [0.5, 0.6) is 0 Å². The zero-order valence-electron chi connectivity index (χ0n) is 14.3. The van der Waals surface area contributed by atoms with Crippen LogP contribution in [0.15, 0.2) is 48.5 Å². The molecular formula is C21H23NO3. The summed E-state index contributed by atoms with van der Waals surface area (Å²) in [5, 5.41) is 17.8. The van der Waals surface area contributed by atoms with Gasteiger partial charge in [0.15, 0.2) is 0 Å². The number of rotatable bonds is 6. The molecule has 0 saturated carbocycles. The zero-order valence-corrected chi connectivity index (χ0v) is 14.3. The van der Waals surface area contributed by atoms with Crippen molar-refractivity contribution < 1.29 is 15.1 Å². The Labute approximate surface area is 148 Å². The van der Waals surface area contributed by atoms with Crippen LogP contribution in [-0.4, -0.2) is 22.8 Å². The molecule has 0 heterocycles. The van der Waals surface area contributed by atoms with Gasteiger partial charge in [-0.05, 0) is 55.5 Å². The fourth-order valence-electron chi connectivity index (χ4n) is 2.61. The summed E-state index contributed by atoms with van der Waals surface area (Å²) in [6, 6.07) is 15.9. The zero-order chi connectivity index (χ0) is 18.1. The number of amides is 1. The van der Waals surface area contributed by atoms with Crippen LogP contribution in [-0.2, 0) is 4.79 Å². The third-order valence-electron chi connectivity index (χ3n) is 4.11. The smallest absolute Gasteiger partial charge is 0.243 e. The second kappa shape index (κ2) is 9.63. The quantitative estimate of drug-likeness (QED) is 0.431. The molecule has 0 aliphatic rings. The van der Waals surface area contributed by atoms with E-state index in [4.69, 9.17) is 5.21 Å². The van der Waals surface area contributed by atoms with Gasteiger partial charge in [0.25, 0.3) is 0 Å². The predicted octanol–water partition coefficient (Wildman–Crippen LogP) is 3.15. The van der Waals surface area contributed by atoms with Crippen molar-refractivity contribution in [3.8, 4) is 11.8 Å². The number of aliphatic hydroxyl groups is 1. The molecule has 4 nitrogen and oxygen atoms in total. The molecule has 0 aromatic heterocycles. The number of carbonyl (C=O) groups is 1. The number of carbonyl (C=O) groups excluding carboxylic acids is 1. The molecule has 2 rings (SSSR count). The van der Waals surface area contributed by atoms with E-state index in [0.29, 0.717) is 12.8 Å². The SMILES string of the molecule is Cc1ccc(C#Cc2ccc(C(CCO)CCC(=O)NO)cc2)cc1. The van der Waals surface area contributed by atoms with Gasteiger partial charge in [-0.2, -0.15) is 0 Å². The van der Waals surface area contributed by atoms with Crippen LogP contribution < -0.4 is 5.48 Å². The van der Waals surface area contributed by atoms with Crippen molar-refractivity contribution in [1.29, 1.82) is 0 Å². The molecule has 3 N–H and O–H groups in total. The van der Waals surface area contributed by atoms with Crippen molar-refractivity contribution in [2.75, 3.05) is 6.61 Å². The van der Waals surface area contributed by atoms with Crippen molar-refractivity contribution in [3.05, 3.63) is 70.8 Å². The molecule has 130 valence electrons. The molecule has 2 aromatic carbocycles. The molecule has 1 amide bonds. The molecule has 0 radical (unpaired) electrons. The van der Waals surface area contributed by atoms with Crippen molar-refractivity contribution in [2.24, 2.45) is 0 Å². The summed E-state index contributed by atoms with van der Waals surface area (Å²) < 4.78 is 0. The van der Waals surface area contributed by atoms with Crippen LogP contribution in [0.2, 0.25) is 0 Å². The first kappa shape index (κ1) is 18.7. The molecule has 0 aliphatic carbocycles. The Hall–Kier alpha value is -2.61. The van der Waals surface area contributed by atoms with Gasteiger partial charge in [0.2, 0.25) is 5.91 Å². The lowest BCUT2D eigenvalue weighted by Gasteiger charge is -2.15. The van der Waals surface area contributed by atoms with Gasteiger partial charge in [-0.15, -0.1) is 0 Å². The van der Waals surface area contributed by atoms with Crippen LogP contribution in [0.4, 0.5) is 0 Å². The number of hydroxylamine groups is 1. The molecule has 0 saturated heterocycles. The molecular weight excluding hydrogens is 314 g/mol. The average Bonchev–Trinajstić information content (AvgIpc) is 2.65. The molecule has 0 aliphatic heterocycles. The molecule has 0 spiro atoms. The number of nitrogens with one attached hydrogen (secondary N) is 1. The number of aliphatic hydroxyl groups excluding tert-OH is 1. The van der Waals surface area contributed by atoms with Gasteiger partial charge >= 0.3 is 0 Å². The Kier molecular flexibility index (Phi) is 7.21. The van der Waals surface area contributed by atoms with Crippen LogP contribution in [0.3, 0.4) is 0 Å². The first-order valence-corrected chi connectivity index (χ1v) is 8.35. The van der Waals surface area contributed by atoms with E-state index >= 15 is 0 Å². The number of benzene rings is 2. The van der Waals surface area contributed by atoms with E-state index in [9.17, 15) is 9.90 Å². The van der Waals surface area contributed by atoms with Crippen molar-refractivity contribution in [2.45, 2.75) is 32.1 Å². The Bertz CT molecular complexity index is 739. The van der Waals surface area contributed by atoms with Crippen molar-refractivity contribution >= 4 is 5.91 Å². The second-order valence-electron chi connectivity index (χ2n) is 6.02. The Morgan fingerprint density at radius 2 is 1.56 bits per heavy atom. The van der Waals surface area contributed by atoms with Gasteiger partial charge in [-0.25, -0.2) is 5.48 Å². The van der Waals surface area contributed by atoms with Crippen molar-refractivity contribution in [3.63, 3.8) is 0 Å². The molecule has 25 heavy (non-hydrogen) atoms. The molecule has 1 unspecified atom stereocenters. The molecule has 0 bridgehead atoms. The predicted molar refractivity (Wildman–Crippen MR) is 97.2 cm³/mol. The number of hydrogen-bond donors (Lipinski definition) is 3. The van der Waals surface area contributed by atoms with Gasteiger partial charge < -0.3 is 5.11 Å². The first-order valence-electron chi connectivity index (χ1n) is 8.35. The highest BCUT2D eigenvalue weighted by molar-refractivity contribution is 5.74. The second-order valence-corrected chi connectivity index (χ2v) is 6.02. The monoisotopic (exact) mass is 337 g/mol. The van der Waals surface area contributed by atoms with E-state index in [1.165, 1.54) is 5.56 Å². The third kappa shape index (κ3) is 6.07. The topological polar surface area (TPSA) is 69.6 Å². The summed E-state index contributed by atoms with van der Waals surface area (Å²) >= 11 is 0. The van der Waals surface area contributed by atoms with Gasteiger partial charge in [0, 0.05) is 24.2 Å². The van der Waals surface area contributed by atoms with Gasteiger partial charge in [-0.1, -0.05) is 41.7 Å². The molecule has 0 fully saturated rings. The summed E-state index contributed by atoms with van der Waals surface area (Å²) in [6.07, 6.45) is 1.37. The molecule has 4 heteroatoms. The van der Waals surface area contributed by atoms with Crippen LogP contribution in [0.1, 0.15) is 47.4 Å². The van der Waals surface area contributed by atoms with E-state index in [2.05, 4.69) is 11.8 Å². The summed E-state index contributed by atoms with van der Waals surface area (Å²) in [4.78, 5) is 11.2. The van der Waals surface area contributed by atoms with E-state index in [1.807, 2.05) is 55.5 Å². The maximum Gasteiger partial charge on any atom is 0.243 e. The third-order valence-corrected chi connectivity index (χ3v) is 4.11. The van der Waals surface area contributed by atoms with E-state index in [0.717, 1.165) is 16.7 Å². The van der Waals surface area contributed by atoms with Gasteiger partial charge in [0.05, 0.1) is 0 Å². The minimum Gasteiger partial charge on any atom is -0.396 e. The Morgan fingerprint density at radius 3 is 2.08 bits per heavy atom. The Balaban J connectivity index is 2.06. The van der Waals surface area contributed by atoms with Gasteiger partial charge in [-0.3, -0.25) is 10.0 Å². The summed E-state index contributed by atoms with van der Waals surface area (Å²) in [5.74, 6) is 5.94. The van der Waals surface area contributed by atoms with Crippen LogP contribution in [0.25, 0.3) is 0 Å². The first-order chi connectivity index (χ1) is 12.1. The molecule has 1 atom stereocenters. The van der Waals surface area contributed by atoms with Crippen molar-refractivity contribution in [1.82, 2.24) is 5.48 Å². The summed E-state index contributed by atoms with van der Waals surface area (Å²) in [5.41, 5.74) is 5.79. The highest BCUT2D eigenvalue weighted by Crippen LogP contribution is 2.25. The largest absolute Gasteiger partial charge is 0.396 e. The molecule has 2 aromatic rings. The fraction of sp³-hybridized carbons (Fsp3) is 0.286. The van der Waals surface area contributed by atoms with Gasteiger partial charge in [0.1, 0.15) is 0 Å². The summed E-state index contributed by atoms with van der Waals surface area (Å²) in [6.45, 7) is 2.10. The lowest BCUT2D eigenvalue weighted by molar-refractivity contribution is -0.129. The lowest BCUT2D eigenvalue weighted by atomic mass is 9.91. The Morgan fingerprint density at radius 1 is 1.00 bits per heavy atom. The minimum absolute atomic E-state index is 0.0559. The highest BCUT2D eigenvalue weighted by atomic mass is 16.5. The van der Waals surface area contributed by atoms with E-state index < -0.39 is 5.91 Å². The van der Waals surface area contributed by atoms with E-state index in [-0.39, 0.29) is 18.9 Å². The standard InChI is InChI=1S/C21H23NO3/c1-16-2-4-17(5-3-16)6-7-18-8-10-19(11-9-18)20(14-15-23)12-13-21(24)22-25/h2-5,8-11,20,23,25H,12-15H2,1H3,(H,22,24). The van der Waals surface area contributed by atoms with Crippen LogP contribution >= 0.6 is 0 Å². The summed E-state index contributed by atoms with van der Waals surface area (Å²) in [7, 11) is 0. The number of aryl methyl sites for hydroxylation is 1. The minimum atomic E-state index is -0.413. The number of hydrogen-bond acceptors (Lipinski definition) is 3. The fourth-order valence-corrected chi connectivity index (χ4v) is 2.61. The highest BCUT2D eigenvalue weighted by Gasteiger charge is 2.13. The normalized spacial score (nSPS) is 11.3. The van der Waals surface area contributed by atoms with Crippen LogP contribution in [0, 0.1) is 18.8 Å². The maximum absolute atomic E-state index is 11.2. The maximum atomic E-state index is 11.2.